The van der Waals surface area contributed by atoms with E-state index in [1.54, 1.807) is 24.5 Å². The fraction of sp³-hybridized carbons (Fsp3) is 0.278. The van der Waals surface area contributed by atoms with Crippen LogP contribution in [0, 0.1) is 0 Å². The highest BCUT2D eigenvalue weighted by Gasteiger charge is 2.38. The van der Waals surface area contributed by atoms with Crippen LogP contribution >= 0.6 is 11.8 Å². The zero-order chi connectivity index (χ0) is 21.2. The smallest absolute Gasteiger partial charge is 0.286 e. The van der Waals surface area contributed by atoms with E-state index in [-0.39, 0.29) is 24.3 Å². The van der Waals surface area contributed by atoms with Gasteiger partial charge < -0.3 is 0 Å². The van der Waals surface area contributed by atoms with Crippen molar-refractivity contribution in [2.75, 3.05) is 13.1 Å². The van der Waals surface area contributed by atoms with Crippen LogP contribution in [0.4, 0.5) is 26.3 Å². The zero-order valence-corrected chi connectivity index (χ0v) is 15.4. The summed E-state index contributed by atoms with van der Waals surface area (Å²) in [6, 6.07) is 4.37. The second kappa shape index (κ2) is 8.05. The van der Waals surface area contributed by atoms with Crippen LogP contribution in [0.1, 0.15) is 27.0 Å². The molecular weight excluding hydrogens is 420 g/mol. The first-order chi connectivity index (χ1) is 13.6. The third-order valence-electron chi connectivity index (χ3n) is 3.97. The normalized spacial score (nSPS) is 14.8. The molecule has 0 aliphatic carbocycles. The van der Waals surface area contributed by atoms with Gasteiger partial charge in [-0.25, -0.2) is 0 Å². The molecule has 0 unspecified atom stereocenters. The van der Waals surface area contributed by atoms with Crippen molar-refractivity contribution in [1.29, 1.82) is 0 Å². The molecule has 1 aromatic heterocycles. The molecule has 29 heavy (non-hydrogen) atoms. The average Bonchev–Trinajstić information content (AvgIpc) is 3.13. The summed E-state index contributed by atoms with van der Waals surface area (Å²) in [5, 5.41) is 0.241. The first-order valence-electron chi connectivity index (χ1n) is 8.23. The molecule has 0 N–H and O–H groups in total. The lowest BCUT2D eigenvalue weighted by Crippen LogP contribution is -2.33. The summed E-state index contributed by atoms with van der Waals surface area (Å²) >= 11 is 1.16. The van der Waals surface area contributed by atoms with E-state index in [2.05, 4.69) is 9.98 Å². The Hall–Kier alpha value is -2.56. The summed E-state index contributed by atoms with van der Waals surface area (Å²) in [4.78, 5) is 21.9. The summed E-state index contributed by atoms with van der Waals surface area (Å²) in [5.74, 6) is -0.566. The molecule has 1 aliphatic heterocycles. The number of aliphatic imine (C=N–C) groups is 1. The number of hydrogen-bond acceptors (Lipinski definition) is 4. The van der Waals surface area contributed by atoms with Gasteiger partial charge in [0.05, 0.1) is 17.7 Å². The van der Waals surface area contributed by atoms with E-state index < -0.39 is 35.0 Å². The lowest BCUT2D eigenvalue weighted by molar-refractivity contribution is -0.143. The zero-order valence-electron chi connectivity index (χ0n) is 14.6. The molecule has 2 aromatic rings. The Balaban J connectivity index is 1.86. The number of aromatic nitrogens is 1. The number of rotatable bonds is 3. The SMILES string of the molecule is O=C(c1cc(C(F)(F)F)cc(C(F)(F)F)c1)N1CCN=C1SCc1cccnc1. The quantitative estimate of drug-likeness (QED) is 0.650. The summed E-state index contributed by atoms with van der Waals surface area (Å²) in [6.07, 6.45) is -6.85. The van der Waals surface area contributed by atoms with E-state index in [0.29, 0.717) is 17.9 Å². The Morgan fingerprint density at radius 2 is 1.72 bits per heavy atom. The van der Waals surface area contributed by atoms with Gasteiger partial charge in [0.15, 0.2) is 5.17 Å². The van der Waals surface area contributed by atoms with Crippen molar-refractivity contribution < 1.29 is 31.1 Å². The molecule has 0 atom stereocenters. The molecule has 0 saturated carbocycles. The minimum Gasteiger partial charge on any atom is -0.286 e. The first kappa shape index (κ1) is 21.2. The maximum atomic E-state index is 13.0. The lowest BCUT2D eigenvalue weighted by atomic mass is 10.0. The Kier molecular flexibility index (Phi) is 5.87. The van der Waals surface area contributed by atoms with E-state index >= 15 is 0 Å². The van der Waals surface area contributed by atoms with Crippen molar-refractivity contribution in [3.8, 4) is 0 Å². The topological polar surface area (TPSA) is 45.6 Å². The van der Waals surface area contributed by atoms with Crippen molar-refractivity contribution in [3.63, 3.8) is 0 Å². The number of carbonyl (C=O) groups excluding carboxylic acids is 1. The Morgan fingerprint density at radius 3 is 2.28 bits per heavy atom. The molecule has 2 heterocycles. The summed E-state index contributed by atoms with van der Waals surface area (Å²) < 4.78 is 78.2. The molecule has 3 rings (SSSR count). The van der Waals surface area contributed by atoms with Crippen LogP contribution in [-0.2, 0) is 18.1 Å². The molecule has 11 heteroatoms. The summed E-state index contributed by atoms with van der Waals surface area (Å²) in [7, 11) is 0. The van der Waals surface area contributed by atoms with Gasteiger partial charge >= 0.3 is 12.4 Å². The van der Waals surface area contributed by atoms with Crippen LogP contribution in [0.15, 0.2) is 47.7 Å². The molecule has 4 nitrogen and oxygen atoms in total. The number of alkyl halides is 6. The van der Waals surface area contributed by atoms with Gasteiger partial charge in [-0.1, -0.05) is 17.8 Å². The minimum absolute atomic E-state index is 0.00703. The fourth-order valence-corrected chi connectivity index (χ4v) is 3.58. The van der Waals surface area contributed by atoms with E-state index in [1.807, 2.05) is 0 Å². The number of amidine groups is 1. The molecule has 0 spiro atoms. The van der Waals surface area contributed by atoms with Gasteiger partial charge in [0, 0.05) is 30.3 Å². The van der Waals surface area contributed by atoms with Gasteiger partial charge in [0.1, 0.15) is 0 Å². The van der Waals surface area contributed by atoms with Gasteiger partial charge in [0.2, 0.25) is 0 Å². The highest BCUT2D eigenvalue weighted by molar-refractivity contribution is 8.13. The molecule has 1 aliphatic rings. The molecule has 0 radical (unpaired) electrons. The van der Waals surface area contributed by atoms with Crippen LogP contribution in [0.2, 0.25) is 0 Å². The second-order valence-electron chi connectivity index (χ2n) is 6.07. The molecule has 0 bridgehead atoms. The number of amides is 1. The van der Waals surface area contributed by atoms with Crippen molar-refractivity contribution in [2.45, 2.75) is 18.1 Å². The monoisotopic (exact) mass is 433 g/mol. The maximum absolute atomic E-state index is 13.0. The second-order valence-corrected chi connectivity index (χ2v) is 7.01. The van der Waals surface area contributed by atoms with Gasteiger partial charge in [-0.2, -0.15) is 26.3 Å². The van der Waals surface area contributed by atoms with E-state index in [1.165, 1.54) is 0 Å². The number of hydrogen-bond donors (Lipinski definition) is 0. The summed E-state index contributed by atoms with van der Waals surface area (Å²) in [6.45, 7) is 0.290. The van der Waals surface area contributed by atoms with E-state index in [9.17, 15) is 31.1 Å². The van der Waals surface area contributed by atoms with Crippen molar-refractivity contribution in [1.82, 2.24) is 9.88 Å². The molecule has 1 amide bonds. The Bertz CT molecular complexity index is 895. The maximum Gasteiger partial charge on any atom is 0.416 e. The Morgan fingerprint density at radius 1 is 1.07 bits per heavy atom. The molecule has 1 aromatic carbocycles. The molecule has 154 valence electrons. The highest BCUT2D eigenvalue weighted by atomic mass is 32.2. The predicted octanol–water partition coefficient (Wildman–Crippen LogP) is 4.86. The van der Waals surface area contributed by atoms with Gasteiger partial charge in [-0.05, 0) is 29.8 Å². The average molecular weight is 433 g/mol. The third kappa shape index (κ3) is 5.08. The molecular formula is C18H13F6N3OS. The number of thioether (sulfide) groups is 1. The van der Waals surface area contributed by atoms with Crippen molar-refractivity contribution in [3.05, 3.63) is 65.0 Å². The van der Waals surface area contributed by atoms with E-state index in [0.717, 1.165) is 22.2 Å². The lowest BCUT2D eigenvalue weighted by Gasteiger charge is -2.20. The predicted molar refractivity (Wildman–Crippen MR) is 95.3 cm³/mol. The Labute approximate surface area is 165 Å². The molecule has 0 saturated heterocycles. The van der Waals surface area contributed by atoms with Gasteiger partial charge in [-0.15, -0.1) is 0 Å². The standard InChI is InChI=1S/C18H13F6N3OS/c19-17(20,21)13-6-12(7-14(8-13)18(22,23)24)15(28)27-5-4-26-16(27)29-10-11-2-1-3-25-9-11/h1-3,6-9H,4-5,10H2. The number of benzene rings is 1. The van der Waals surface area contributed by atoms with Crippen molar-refractivity contribution in [2.24, 2.45) is 4.99 Å². The highest BCUT2D eigenvalue weighted by Crippen LogP contribution is 2.36. The summed E-state index contributed by atoms with van der Waals surface area (Å²) in [5.41, 5.74) is -2.92. The van der Waals surface area contributed by atoms with Crippen LogP contribution in [0.3, 0.4) is 0 Å². The number of pyridine rings is 1. The van der Waals surface area contributed by atoms with E-state index in [4.69, 9.17) is 0 Å². The van der Waals surface area contributed by atoms with Crippen LogP contribution in [0.5, 0.6) is 0 Å². The van der Waals surface area contributed by atoms with Crippen LogP contribution in [-0.4, -0.2) is 34.0 Å². The number of carbonyl (C=O) groups is 1. The largest absolute Gasteiger partial charge is 0.416 e. The number of halogens is 6. The third-order valence-corrected chi connectivity index (χ3v) is 5.06. The molecule has 0 fully saturated rings. The first-order valence-corrected chi connectivity index (χ1v) is 9.22. The van der Waals surface area contributed by atoms with Crippen molar-refractivity contribution >= 4 is 22.8 Å². The fourth-order valence-electron chi connectivity index (χ4n) is 2.60. The number of nitrogens with zero attached hydrogens (tertiary/aromatic N) is 3. The van der Waals surface area contributed by atoms with Gasteiger partial charge in [-0.3, -0.25) is 19.7 Å². The van der Waals surface area contributed by atoms with Crippen LogP contribution in [0.25, 0.3) is 0 Å². The van der Waals surface area contributed by atoms with Crippen LogP contribution < -0.4 is 0 Å². The minimum atomic E-state index is -5.02. The van der Waals surface area contributed by atoms with Gasteiger partial charge in [0.25, 0.3) is 5.91 Å².